The van der Waals surface area contributed by atoms with Gasteiger partial charge in [0, 0.05) is 38.8 Å². The van der Waals surface area contributed by atoms with Gasteiger partial charge in [0.15, 0.2) is 5.82 Å². The van der Waals surface area contributed by atoms with E-state index in [0.29, 0.717) is 47.9 Å². The predicted octanol–water partition coefficient (Wildman–Crippen LogP) is 5.21. The first kappa shape index (κ1) is 34.0. The summed E-state index contributed by atoms with van der Waals surface area (Å²) in [4.78, 5) is 45.3. The van der Waals surface area contributed by atoms with Crippen LogP contribution in [0.1, 0.15) is 80.9 Å². The largest absolute Gasteiger partial charge is 0.465 e. The van der Waals surface area contributed by atoms with Gasteiger partial charge in [-0.25, -0.2) is 4.79 Å². The third-order valence-corrected chi connectivity index (χ3v) is 10.4. The van der Waals surface area contributed by atoms with Gasteiger partial charge in [0.2, 0.25) is 11.8 Å². The summed E-state index contributed by atoms with van der Waals surface area (Å²) in [5.41, 5.74) is 9.93. The highest BCUT2D eigenvalue weighted by Crippen LogP contribution is 2.49. The van der Waals surface area contributed by atoms with Crippen molar-refractivity contribution in [3.63, 3.8) is 0 Å². The van der Waals surface area contributed by atoms with Gasteiger partial charge < -0.3 is 21.1 Å². The lowest BCUT2D eigenvalue weighted by Gasteiger charge is -2.17. The van der Waals surface area contributed by atoms with Gasteiger partial charge in [-0.05, 0) is 75.9 Å². The number of benzene rings is 2. The molecule has 13 heteroatoms. The number of nitrogens with two attached hydrogens (primary N) is 1. The average molecular weight is 698 g/mol. The van der Waals surface area contributed by atoms with Crippen LogP contribution in [0, 0.1) is 38.0 Å². The number of aryl methyl sites for hydroxylation is 2. The molecule has 4 N–H and O–H groups in total. The Morgan fingerprint density at radius 1 is 1.12 bits per heavy atom. The number of anilines is 1. The van der Waals surface area contributed by atoms with E-state index in [-0.39, 0.29) is 30.3 Å². The number of hydrogen-bond acceptors (Lipinski definition) is 9. The van der Waals surface area contributed by atoms with E-state index in [1.807, 2.05) is 35.8 Å². The number of rotatable bonds is 9. The molecule has 1 saturated carbocycles. The summed E-state index contributed by atoms with van der Waals surface area (Å²) in [6.45, 7) is 6.51. The standard InChI is InChI=1S/C36H36ClN7O4S/c1-20-21(2)49-33-30(20)31(23-7-9-25(37)10-8-23)41-28(32-43-42-22(3)44(32)33)19-29(45)39-17-15-36(13-14-36)35(47)40-26-11-12-27(34(46)48-4)24(18-26)6-5-16-38/h7-12,18,28H,13-17,19,38H2,1-4H3,(H,39,45)(H,40,47)/t28-/m0/s1. The summed E-state index contributed by atoms with van der Waals surface area (Å²) < 4.78 is 6.86. The third kappa shape index (κ3) is 6.87. The topological polar surface area (TPSA) is 154 Å². The van der Waals surface area contributed by atoms with E-state index in [0.717, 1.165) is 33.2 Å². The van der Waals surface area contributed by atoms with Crippen LogP contribution in [0.15, 0.2) is 47.5 Å². The third-order valence-electron chi connectivity index (χ3n) is 9.00. The van der Waals surface area contributed by atoms with E-state index in [4.69, 9.17) is 27.1 Å². The smallest absolute Gasteiger partial charge is 0.339 e. The molecule has 0 unspecified atom stereocenters. The number of aromatic nitrogens is 3. The zero-order valence-electron chi connectivity index (χ0n) is 27.6. The van der Waals surface area contributed by atoms with Crippen molar-refractivity contribution in [2.45, 2.75) is 52.5 Å². The lowest BCUT2D eigenvalue weighted by Crippen LogP contribution is -2.31. The number of halogens is 1. The first-order valence-electron chi connectivity index (χ1n) is 15.9. The van der Waals surface area contributed by atoms with Crippen LogP contribution in [-0.2, 0) is 14.3 Å². The van der Waals surface area contributed by atoms with Gasteiger partial charge in [-0.15, -0.1) is 21.5 Å². The van der Waals surface area contributed by atoms with Crippen molar-refractivity contribution in [2.24, 2.45) is 16.1 Å². The Hall–Kier alpha value is -4.83. The quantitative estimate of drug-likeness (QED) is 0.160. The Bertz CT molecular complexity index is 2050. The van der Waals surface area contributed by atoms with Crippen LogP contribution in [-0.4, -0.2) is 58.5 Å². The van der Waals surface area contributed by atoms with E-state index >= 15 is 0 Å². The van der Waals surface area contributed by atoms with E-state index in [1.54, 1.807) is 29.5 Å². The molecular formula is C36H36ClN7O4S. The number of methoxy groups -OCH3 is 1. The van der Waals surface area contributed by atoms with Crippen molar-refractivity contribution in [1.29, 1.82) is 0 Å². The van der Waals surface area contributed by atoms with Crippen molar-refractivity contribution in [1.82, 2.24) is 20.1 Å². The SMILES string of the molecule is COC(=O)c1ccc(NC(=O)C2(CCNC(=O)C[C@@H]3N=C(c4ccc(Cl)cc4)c4c(sc(C)c4C)-n4c(C)nnc43)CC2)cc1C#CCN. The van der Waals surface area contributed by atoms with Crippen molar-refractivity contribution in [3.8, 4) is 16.8 Å². The molecular weight excluding hydrogens is 662 g/mol. The molecule has 0 bridgehead atoms. The summed E-state index contributed by atoms with van der Waals surface area (Å²) in [6.07, 6.45) is 1.94. The minimum Gasteiger partial charge on any atom is -0.465 e. The Morgan fingerprint density at radius 3 is 2.57 bits per heavy atom. The van der Waals surface area contributed by atoms with Crippen LogP contribution in [0.2, 0.25) is 5.02 Å². The number of amides is 2. The molecule has 2 aromatic carbocycles. The highest BCUT2D eigenvalue weighted by Gasteiger charge is 2.49. The molecule has 0 spiro atoms. The molecule has 2 aliphatic rings. The molecule has 0 radical (unpaired) electrons. The summed E-state index contributed by atoms with van der Waals surface area (Å²) in [5, 5.41) is 16.4. The second-order valence-electron chi connectivity index (χ2n) is 12.2. The van der Waals surface area contributed by atoms with Gasteiger partial charge in [-0.2, -0.15) is 0 Å². The first-order chi connectivity index (χ1) is 23.5. The Morgan fingerprint density at radius 2 is 1.88 bits per heavy atom. The molecule has 2 amide bonds. The van der Waals surface area contributed by atoms with E-state index in [2.05, 4.69) is 46.5 Å². The number of aliphatic imine (C=N–C) groups is 1. The number of nitrogens with one attached hydrogen (secondary N) is 2. The molecule has 4 aromatic rings. The van der Waals surface area contributed by atoms with Crippen molar-refractivity contribution in [2.75, 3.05) is 25.5 Å². The number of thiophene rings is 1. The van der Waals surface area contributed by atoms with Crippen LogP contribution in [0.5, 0.6) is 0 Å². The fraction of sp³-hybridized carbons (Fsp3) is 0.333. The summed E-state index contributed by atoms with van der Waals surface area (Å²) in [6, 6.07) is 11.8. The maximum absolute atomic E-state index is 13.5. The van der Waals surface area contributed by atoms with Gasteiger partial charge in [-0.3, -0.25) is 19.1 Å². The van der Waals surface area contributed by atoms with Crippen LogP contribution in [0.25, 0.3) is 5.00 Å². The van der Waals surface area contributed by atoms with Crippen LogP contribution < -0.4 is 16.4 Å². The van der Waals surface area contributed by atoms with Crippen LogP contribution in [0.4, 0.5) is 5.69 Å². The van der Waals surface area contributed by atoms with Crippen molar-refractivity contribution in [3.05, 3.63) is 91.8 Å². The first-order valence-corrected chi connectivity index (χ1v) is 17.1. The second kappa shape index (κ2) is 14.0. The molecule has 2 aromatic heterocycles. The van der Waals surface area contributed by atoms with Crippen LogP contribution >= 0.6 is 22.9 Å². The van der Waals surface area contributed by atoms with Crippen molar-refractivity contribution < 1.29 is 19.1 Å². The number of fused-ring (bicyclic) bond motifs is 3. The van der Waals surface area contributed by atoms with Gasteiger partial charge in [0.1, 0.15) is 16.9 Å². The number of nitrogens with zero attached hydrogens (tertiary/aromatic N) is 4. The monoisotopic (exact) mass is 697 g/mol. The van der Waals surface area contributed by atoms with E-state index in [1.165, 1.54) is 12.0 Å². The minimum absolute atomic E-state index is 0.0561. The molecule has 11 nitrogen and oxygen atoms in total. The Kier molecular flexibility index (Phi) is 9.70. The number of carbonyl (C=O) groups is 3. The van der Waals surface area contributed by atoms with Gasteiger partial charge >= 0.3 is 5.97 Å². The van der Waals surface area contributed by atoms with E-state index < -0.39 is 17.4 Å². The zero-order valence-corrected chi connectivity index (χ0v) is 29.2. The zero-order chi connectivity index (χ0) is 34.9. The lowest BCUT2D eigenvalue weighted by molar-refractivity contribution is -0.123. The summed E-state index contributed by atoms with van der Waals surface area (Å²) in [5.74, 6) is 6.06. The Labute approximate surface area is 293 Å². The van der Waals surface area contributed by atoms with Crippen LogP contribution in [0.3, 0.4) is 0 Å². The van der Waals surface area contributed by atoms with Gasteiger partial charge in [0.05, 0.1) is 36.8 Å². The second-order valence-corrected chi connectivity index (χ2v) is 13.8. The normalized spacial score (nSPS) is 15.5. The summed E-state index contributed by atoms with van der Waals surface area (Å²) >= 11 is 7.87. The number of carbonyl (C=O) groups excluding carboxylic acids is 3. The van der Waals surface area contributed by atoms with Gasteiger partial charge in [-0.1, -0.05) is 35.6 Å². The average Bonchev–Trinajstić information content (AvgIpc) is 3.73. The fourth-order valence-electron chi connectivity index (χ4n) is 5.99. The number of hydrogen-bond donors (Lipinski definition) is 3. The highest BCUT2D eigenvalue weighted by molar-refractivity contribution is 7.15. The minimum atomic E-state index is -0.597. The molecule has 3 heterocycles. The number of ether oxygens (including phenoxy) is 1. The Balaban J connectivity index is 1.16. The van der Waals surface area contributed by atoms with Gasteiger partial charge in [0.25, 0.3) is 0 Å². The lowest BCUT2D eigenvalue weighted by atomic mass is 9.99. The maximum Gasteiger partial charge on any atom is 0.339 e. The molecule has 1 aliphatic carbocycles. The molecule has 6 rings (SSSR count). The molecule has 1 fully saturated rings. The maximum atomic E-state index is 13.5. The van der Waals surface area contributed by atoms with E-state index in [9.17, 15) is 14.4 Å². The molecule has 1 atom stereocenters. The molecule has 49 heavy (non-hydrogen) atoms. The number of esters is 1. The molecule has 0 saturated heterocycles. The highest BCUT2D eigenvalue weighted by atomic mass is 35.5. The fourth-order valence-corrected chi connectivity index (χ4v) is 7.33. The molecule has 252 valence electrons. The van der Waals surface area contributed by atoms with Crippen molar-refractivity contribution >= 4 is 52.1 Å². The summed E-state index contributed by atoms with van der Waals surface area (Å²) in [7, 11) is 1.30. The molecule has 1 aliphatic heterocycles. The predicted molar refractivity (Wildman–Crippen MR) is 190 cm³/mol.